The molecule has 0 amide bonds. The summed E-state index contributed by atoms with van der Waals surface area (Å²) in [5.74, 6) is -2.25. The Morgan fingerprint density at radius 1 is 0.500 bits per heavy atom. The fourth-order valence-corrected chi connectivity index (χ4v) is 7.16. The Hall–Kier alpha value is -4.58. The van der Waals surface area contributed by atoms with E-state index in [0.717, 1.165) is 97.9 Å². The highest BCUT2D eigenvalue weighted by Crippen LogP contribution is 2.36. The maximum absolute atomic E-state index is 13.8. The Labute approximate surface area is 269 Å². The minimum atomic E-state index is -1.10. The lowest BCUT2D eigenvalue weighted by Gasteiger charge is -2.26. The molecule has 2 aliphatic rings. The van der Waals surface area contributed by atoms with Crippen LogP contribution in [0, 0.1) is 11.8 Å². The van der Waals surface area contributed by atoms with Gasteiger partial charge in [-0.25, -0.2) is 9.59 Å². The standard InChI is InChI=1S/C40H40O6/c41-35(45-39(37(43)29-15-3-1-4-16-29)33-23-11-19-27-13-7-9-21-31(27)33)25-26-36(42)46-40(38(44)30-17-5-2-6-18-30)34-24-12-20-28-14-8-10-22-32(28)34/h7-14,19-26,29-30,39-40H,1-6,15-18H2/b26-25+. The molecule has 6 rings (SSSR count). The quantitative estimate of drug-likeness (QED) is 0.131. The second-order valence-corrected chi connectivity index (χ2v) is 12.6. The predicted octanol–water partition coefficient (Wildman–Crippen LogP) is 8.72. The van der Waals surface area contributed by atoms with Gasteiger partial charge in [0, 0.05) is 35.1 Å². The van der Waals surface area contributed by atoms with E-state index in [1.54, 1.807) is 0 Å². The topological polar surface area (TPSA) is 86.7 Å². The van der Waals surface area contributed by atoms with Gasteiger partial charge < -0.3 is 9.47 Å². The number of carbonyl (C=O) groups is 4. The van der Waals surface area contributed by atoms with E-state index in [4.69, 9.17) is 9.47 Å². The van der Waals surface area contributed by atoms with Crippen molar-refractivity contribution in [2.24, 2.45) is 11.8 Å². The van der Waals surface area contributed by atoms with E-state index in [1.807, 2.05) is 84.9 Å². The number of benzene rings is 4. The van der Waals surface area contributed by atoms with Gasteiger partial charge in [-0.1, -0.05) is 123 Å². The van der Waals surface area contributed by atoms with Gasteiger partial charge in [0.15, 0.2) is 23.8 Å². The van der Waals surface area contributed by atoms with Crippen molar-refractivity contribution in [2.75, 3.05) is 0 Å². The Morgan fingerprint density at radius 2 is 0.870 bits per heavy atom. The maximum atomic E-state index is 13.8. The summed E-state index contributed by atoms with van der Waals surface area (Å²) in [6, 6.07) is 26.7. The average Bonchev–Trinajstić information content (AvgIpc) is 3.12. The van der Waals surface area contributed by atoms with Crippen molar-refractivity contribution in [1.82, 2.24) is 0 Å². The normalized spacial score (nSPS) is 17.5. The molecular formula is C40H40O6. The van der Waals surface area contributed by atoms with Gasteiger partial charge in [-0.3, -0.25) is 9.59 Å². The molecule has 2 unspecified atom stereocenters. The van der Waals surface area contributed by atoms with Crippen molar-refractivity contribution >= 4 is 45.0 Å². The van der Waals surface area contributed by atoms with E-state index in [9.17, 15) is 19.2 Å². The van der Waals surface area contributed by atoms with Gasteiger partial charge in [0.2, 0.25) is 0 Å². The first-order valence-corrected chi connectivity index (χ1v) is 16.6. The molecule has 2 atom stereocenters. The number of fused-ring (bicyclic) bond motifs is 2. The Kier molecular flexibility index (Phi) is 10.0. The molecule has 2 aliphatic carbocycles. The summed E-state index contributed by atoms with van der Waals surface area (Å²) >= 11 is 0. The predicted molar refractivity (Wildman–Crippen MR) is 178 cm³/mol. The lowest BCUT2D eigenvalue weighted by Crippen LogP contribution is -2.28. The van der Waals surface area contributed by atoms with Crippen LogP contribution < -0.4 is 0 Å². The van der Waals surface area contributed by atoms with E-state index in [-0.39, 0.29) is 23.4 Å². The molecule has 46 heavy (non-hydrogen) atoms. The number of Topliss-reactive ketones (excluding diaryl/α,β-unsaturated/α-hetero) is 2. The van der Waals surface area contributed by atoms with E-state index < -0.39 is 24.1 Å². The SMILES string of the molecule is O=C(/C=C/C(=O)OC(C(=O)C1CCCCC1)c1cccc2ccccc12)OC(C(=O)C1CCCCC1)c1cccc2ccccc12. The number of ether oxygens (including phenoxy) is 2. The molecular weight excluding hydrogens is 576 g/mol. The smallest absolute Gasteiger partial charge is 0.332 e. The lowest BCUT2D eigenvalue weighted by molar-refractivity contribution is -0.154. The molecule has 6 heteroatoms. The molecule has 2 fully saturated rings. The average molecular weight is 617 g/mol. The molecule has 0 N–H and O–H groups in total. The van der Waals surface area contributed by atoms with Crippen molar-refractivity contribution in [1.29, 1.82) is 0 Å². The second-order valence-electron chi connectivity index (χ2n) is 12.6. The van der Waals surface area contributed by atoms with Crippen molar-refractivity contribution in [2.45, 2.75) is 76.4 Å². The zero-order chi connectivity index (χ0) is 31.9. The van der Waals surface area contributed by atoms with E-state index >= 15 is 0 Å². The first-order chi connectivity index (χ1) is 22.5. The zero-order valence-corrected chi connectivity index (χ0v) is 26.1. The Morgan fingerprint density at radius 3 is 1.28 bits per heavy atom. The van der Waals surface area contributed by atoms with Gasteiger partial charge in [-0.15, -0.1) is 0 Å². The van der Waals surface area contributed by atoms with Crippen molar-refractivity contribution in [3.63, 3.8) is 0 Å². The molecule has 0 heterocycles. The minimum absolute atomic E-state index is 0.116. The molecule has 0 radical (unpaired) electrons. The van der Waals surface area contributed by atoms with Crippen molar-refractivity contribution in [3.05, 3.63) is 108 Å². The van der Waals surface area contributed by atoms with Crippen LogP contribution in [-0.4, -0.2) is 23.5 Å². The minimum Gasteiger partial charge on any atom is -0.446 e. The highest BCUT2D eigenvalue weighted by molar-refractivity contribution is 5.99. The summed E-state index contributed by atoms with van der Waals surface area (Å²) in [6.07, 6.45) is 8.94. The summed E-state index contributed by atoms with van der Waals surface area (Å²) in [6.45, 7) is 0. The van der Waals surface area contributed by atoms with Gasteiger partial charge >= 0.3 is 11.9 Å². The number of hydrogen-bond donors (Lipinski definition) is 0. The van der Waals surface area contributed by atoms with E-state index in [0.29, 0.717) is 11.1 Å². The third kappa shape index (κ3) is 7.12. The Balaban J connectivity index is 1.23. The van der Waals surface area contributed by atoms with Crippen LogP contribution in [0.25, 0.3) is 21.5 Å². The van der Waals surface area contributed by atoms with Gasteiger partial charge in [-0.2, -0.15) is 0 Å². The fourth-order valence-electron chi connectivity index (χ4n) is 7.16. The number of esters is 2. The van der Waals surface area contributed by atoms with Gasteiger partial charge in [0.25, 0.3) is 0 Å². The number of hydrogen-bond acceptors (Lipinski definition) is 6. The highest BCUT2D eigenvalue weighted by atomic mass is 16.6. The summed E-state index contributed by atoms with van der Waals surface area (Å²) in [5.41, 5.74) is 1.26. The molecule has 0 aromatic heterocycles. The molecule has 0 aliphatic heterocycles. The first kappa shape index (κ1) is 31.4. The largest absolute Gasteiger partial charge is 0.446 e. The van der Waals surface area contributed by atoms with E-state index in [1.165, 1.54) is 0 Å². The number of ketones is 2. The highest BCUT2D eigenvalue weighted by Gasteiger charge is 2.34. The summed E-state index contributed by atoms with van der Waals surface area (Å²) in [7, 11) is 0. The summed E-state index contributed by atoms with van der Waals surface area (Å²) in [4.78, 5) is 54.1. The van der Waals surface area contributed by atoms with Gasteiger partial charge in [0.1, 0.15) is 0 Å². The second kappa shape index (κ2) is 14.7. The summed E-state index contributed by atoms with van der Waals surface area (Å²) in [5, 5.41) is 3.57. The number of rotatable bonds is 10. The van der Waals surface area contributed by atoms with Crippen LogP contribution in [0.5, 0.6) is 0 Å². The molecule has 2 saturated carbocycles. The molecule has 0 spiro atoms. The maximum Gasteiger partial charge on any atom is 0.332 e. The molecule has 0 bridgehead atoms. The molecule has 236 valence electrons. The molecule has 4 aromatic rings. The third-order valence-corrected chi connectivity index (χ3v) is 9.57. The molecule has 4 aromatic carbocycles. The monoisotopic (exact) mass is 616 g/mol. The Bertz CT molecular complexity index is 1620. The van der Waals surface area contributed by atoms with Crippen LogP contribution in [0.15, 0.2) is 97.1 Å². The number of carbonyl (C=O) groups excluding carboxylic acids is 4. The summed E-state index contributed by atoms with van der Waals surface area (Å²) < 4.78 is 11.7. The van der Waals surface area contributed by atoms with E-state index in [2.05, 4.69) is 0 Å². The van der Waals surface area contributed by atoms with Crippen LogP contribution >= 0.6 is 0 Å². The lowest BCUT2D eigenvalue weighted by atomic mass is 9.82. The molecule has 6 nitrogen and oxygen atoms in total. The first-order valence-electron chi connectivity index (χ1n) is 16.6. The van der Waals surface area contributed by atoms with Crippen molar-refractivity contribution < 1.29 is 28.7 Å². The van der Waals surface area contributed by atoms with Crippen molar-refractivity contribution in [3.8, 4) is 0 Å². The van der Waals surface area contributed by atoms with Crippen LogP contribution in [0.2, 0.25) is 0 Å². The van der Waals surface area contributed by atoms with Crippen LogP contribution in [0.3, 0.4) is 0 Å². The van der Waals surface area contributed by atoms with Gasteiger partial charge in [-0.05, 0) is 47.2 Å². The fraction of sp³-hybridized carbons (Fsp3) is 0.350. The third-order valence-electron chi connectivity index (χ3n) is 9.57. The molecule has 0 saturated heterocycles. The zero-order valence-electron chi connectivity index (χ0n) is 26.1. The van der Waals surface area contributed by atoms with Gasteiger partial charge in [0.05, 0.1) is 0 Å². The van der Waals surface area contributed by atoms with Crippen LogP contribution in [0.4, 0.5) is 0 Å². The van der Waals surface area contributed by atoms with Crippen LogP contribution in [-0.2, 0) is 28.7 Å². The van der Waals surface area contributed by atoms with Crippen LogP contribution in [0.1, 0.15) is 87.5 Å².